The highest BCUT2D eigenvalue weighted by molar-refractivity contribution is 5.84. The van der Waals surface area contributed by atoms with Gasteiger partial charge in [0.25, 0.3) is 0 Å². The smallest absolute Gasteiger partial charge is 0.336 e. The van der Waals surface area contributed by atoms with Crippen LogP contribution in [-0.4, -0.2) is 23.6 Å². The molecule has 7 nitrogen and oxygen atoms in total. The minimum atomic E-state index is -1.09. The molecule has 0 spiro atoms. The fourth-order valence-electron chi connectivity index (χ4n) is 3.39. The Balaban J connectivity index is 2.04. The van der Waals surface area contributed by atoms with Crippen molar-refractivity contribution in [2.24, 2.45) is 5.92 Å². The second-order valence-corrected chi connectivity index (χ2v) is 7.89. The first-order chi connectivity index (χ1) is 13.1. The van der Waals surface area contributed by atoms with Crippen LogP contribution in [0.15, 0.2) is 33.5 Å². The van der Waals surface area contributed by atoms with Crippen LogP contribution in [0.5, 0.6) is 5.75 Å². The number of fused-ring (bicyclic) bond motifs is 3. The van der Waals surface area contributed by atoms with Gasteiger partial charge in [0, 0.05) is 24.8 Å². The highest BCUT2D eigenvalue weighted by Gasteiger charge is 2.50. The van der Waals surface area contributed by atoms with Gasteiger partial charge in [-0.25, -0.2) is 4.79 Å². The maximum atomic E-state index is 12.2. The van der Waals surface area contributed by atoms with Crippen LogP contribution in [0.3, 0.4) is 0 Å². The third kappa shape index (κ3) is 3.88. The van der Waals surface area contributed by atoms with E-state index < -0.39 is 29.4 Å². The van der Waals surface area contributed by atoms with Crippen molar-refractivity contribution in [2.75, 3.05) is 0 Å². The lowest BCUT2D eigenvalue weighted by molar-refractivity contribution is -0.177. The number of hydrogen-bond donors (Lipinski definition) is 0. The highest BCUT2D eigenvalue weighted by Crippen LogP contribution is 2.47. The van der Waals surface area contributed by atoms with Crippen molar-refractivity contribution in [3.05, 3.63) is 40.2 Å². The van der Waals surface area contributed by atoms with E-state index >= 15 is 0 Å². The summed E-state index contributed by atoms with van der Waals surface area (Å²) >= 11 is 0. The fourth-order valence-corrected chi connectivity index (χ4v) is 3.39. The van der Waals surface area contributed by atoms with Gasteiger partial charge in [-0.1, -0.05) is 13.8 Å². The Hall–Kier alpha value is -2.83. The zero-order valence-electron chi connectivity index (χ0n) is 16.6. The van der Waals surface area contributed by atoms with E-state index in [2.05, 4.69) is 0 Å². The van der Waals surface area contributed by atoms with Crippen LogP contribution in [0.25, 0.3) is 11.0 Å². The van der Waals surface area contributed by atoms with Gasteiger partial charge in [0.2, 0.25) is 0 Å². The Morgan fingerprint density at radius 2 is 1.86 bits per heavy atom. The molecule has 2 heterocycles. The predicted molar refractivity (Wildman–Crippen MR) is 101 cm³/mol. The normalized spacial score (nSPS) is 18.6. The van der Waals surface area contributed by atoms with Crippen molar-refractivity contribution in [1.82, 2.24) is 0 Å². The zero-order valence-corrected chi connectivity index (χ0v) is 16.6. The van der Waals surface area contributed by atoms with Crippen molar-refractivity contribution in [1.29, 1.82) is 0 Å². The van der Waals surface area contributed by atoms with Gasteiger partial charge in [0.1, 0.15) is 16.9 Å². The minimum absolute atomic E-state index is 0.146. The van der Waals surface area contributed by atoms with E-state index in [0.717, 1.165) is 0 Å². The van der Waals surface area contributed by atoms with E-state index in [9.17, 15) is 14.4 Å². The van der Waals surface area contributed by atoms with Crippen molar-refractivity contribution in [2.45, 2.75) is 58.8 Å². The molecule has 2 atom stereocenters. The van der Waals surface area contributed by atoms with Gasteiger partial charge < -0.3 is 18.6 Å². The molecule has 7 heteroatoms. The Morgan fingerprint density at radius 1 is 1.18 bits per heavy atom. The molecular weight excluding hydrogens is 364 g/mol. The second kappa shape index (κ2) is 7.30. The number of ether oxygens (including phenoxy) is 3. The summed E-state index contributed by atoms with van der Waals surface area (Å²) in [4.78, 5) is 35.8. The van der Waals surface area contributed by atoms with E-state index in [1.54, 1.807) is 32.0 Å². The summed E-state index contributed by atoms with van der Waals surface area (Å²) in [5.74, 6) is -0.317. The molecule has 0 unspecified atom stereocenters. The van der Waals surface area contributed by atoms with Gasteiger partial charge in [0.05, 0.1) is 5.56 Å². The van der Waals surface area contributed by atoms with Crippen molar-refractivity contribution < 1.29 is 28.2 Å². The van der Waals surface area contributed by atoms with Crippen LogP contribution in [0, 0.1) is 5.92 Å². The first-order valence-electron chi connectivity index (χ1n) is 9.21. The number of esters is 2. The predicted octanol–water partition coefficient (Wildman–Crippen LogP) is 3.53. The third-order valence-electron chi connectivity index (χ3n) is 4.53. The lowest BCUT2D eigenvalue weighted by atomic mass is 9.93. The number of carbonyl (C=O) groups is 2. The van der Waals surface area contributed by atoms with Crippen molar-refractivity contribution >= 4 is 22.9 Å². The standard InChI is InChI=1S/C21H24O7/c1-11(2)10-16(24)28-21(4,5)20-19(25-12(3)22)17-14(26-20)8-6-13-7-9-15(23)27-18(13)17/h6-9,11,19-20H,10H2,1-5H3/t19-,20-/m1/s1. The van der Waals surface area contributed by atoms with Crippen molar-refractivity contribution in [3.8, 4) is 5.75 Å². The SMILES string of the molecule is CC(=O)O[C@@H]1c2c(ccc3ccc(=O)oc23)O[C@H]1C(C)(C)OC(=O)CC(C)C. The second-order valence-electron chi connectivity index (χ2n) is 7.89. The van der Waals surface area contributed by atoms with Crippen molar-refractivity contribution in [3.63, 3.8) is 0 Å². The molecule has 2 aromatic rings. The van der Waals surface area contributed by atoms with Crippen LogP contribution in [0.4, 0.5) is 0 Å². The molecule has 0 saturated carbocycles. The van der Waals surface area contributed by atoms with Gasteiger partial charge in [-0.3, -0.25) is 9.59 Å². The van der Waals surface area contributed by atoms with Crippen LogP contribution in [-0.2, 0) is 19.1 Å². The molecule has 0 amide bonds. The lowest BCUT2D eigenvalue weighted by Gasteiger charge is -2.33. The quantitative estimate of drug-likeness (QED) is 0.571. The number of benzene rings is 1. The molecule has 1 aliphatic heterocycles. The molecule has 1 aromatic heterocycles. The molecule has 1 aromatic carbocycles. The average Bonchev–Trinajstić information content (AvgIpc) is 2.92. The van der Waals surface area contributed by atoms with Gasteiger partial charge in [-0.2, -0.15) is 0 Å². The van der Waals surface area contributed by atoms with E-state index in [1.807, 2.05) is 13.8 Å². The average molecular weight is 388 g/mol. The molecular formula is C21H24O7. The maximum absolute atomic E-state index is 12.2. The number of hydrogen-bond acceptors (Lipinski definition) is 7. The van der Waals surface area contributed by atoms with E-state index in [-0.39, 0.29) is 18.3 Å². The third-order valence-corrected chi connectivity index (χ3v) is 4.53. The minimum Gasteiger partial charge on any atom is -0.481 e. The molecule has 150 valence electrons. The lowest BCUT2D eigenvalue weighted by Crippen LogP contribution is -2.46. The van der Waals surface area contributed by atoms with Crippen LogP contribution >= 0.6 is 0 Å². The van der Waals surface area contributed by atoms with Crippen LogP contribution < -0.4 is 10.4 Å². The summed E-state index contributed by atoms with van der Waals surface area (Å²) in [6.45, 7) is 8.54. The Kier molecular flexibility index (Phi) is 5.19. The van der Waals surface area contributed by atoms with Gasteiger partial charge >= 0.3 is 17.6 Å². The summed E-state index contributed by atoms with van der Waals surface area (Å²) in [5, 5.41) is 0.675. The van der Waals surface area contributed by atoms with E-state index in [0.29, 0.717) is 22.3 Å². The monoisotopic (exact) mass is 388 g/mol. The number of carbonyl (C=O) groups excluding carboxylic acids is 2. The summed E-state index contributed by atoms with van der Waals surface area (Å²) in [5.41, 5.74) is -0.855. The molecule has 0 bridgehead atoms. The summed E-state index contributed by atoms with van der Waals surface area (Å²) in [6, 6.07) is 6.43. The summed E-state index contributed by atoms with van der Waals surface area (Å²) < 4.78 is 22.6. The van der Waals surface area contributed by atoms with Crippen LogP contribution in [0.1, 0.15) is 52.7 Å². The molecule has 0 radical (unpaired) electrons. The maximum Gasteiger partial charge on any atom is 0.336 e. The first kappa shape index (κ1) is 19.9. The zero-order chi connectivity index (χ0) is 20.6. The van der Waals surface area contributed by atoms with Crippen LogP contribution in [0.2, 0.25) is 0 Å². The summed E-state index contributed by atoms with van der Waals surface area (Å²) in [7, 11) is 0. The summed E-state index contributed by atoms with van der Waals surface area (Å²) in [6.07, 6.45) is -1.42. The highest BCUT2D eigenvalue weighted by atomic mass is 16.6. The van der Waals surface area contributed by atoms with Gasteiger partial charge in [-0.05, 0) is 38.0 Å². The van der Waals surface area contributed by atoms with Gasteiger partial charge in [0.15, 0.2) is 12.2 Å². The Bertz CT molecular complexity index is 970. The van der Waals surface area contributed by atoms with E-state index in [4.69, 9.17) is 18.6 Å². The molecule has 0 saturated heterocycles. The number of rotatable bonds is 5. The largest absolute Gasteiger partial charge is 0.481 e. The molecule has 3 rings (SSSR count). The first-order valence-corrected chi connectivity index (χ1v) is 9.21. The molecule has 0 aliphatic carbocycles. The Labute approximate surface area is 162 Å². The molecule has 28 heavy (non-hydrogen) atoms. The van der Waals surface area contributed by atoms with E-state index in [1.165, 1.54) is 13.0 Å². The Morgan fingerprint density at radius 3 is 2.50 bits per heavy atom. The molecule has 1 aliphatic rings. The topological polar surface area (TPSA) is 92.0 Å². The van der Waals surface area contributed by atoms with Gasteiger partial charge in [-0.15, -0.1) is 0 Å². The molecule has 0 fully saturated rings. The molecule has 0 N–H and O–H groups in total. The fraction of sp³-hybridized carbons (Fsp3) is 0.476.